The van der Waals surface area contributed by atoms with Gasteiger partial charge in [-0.05, 0) is 24.3 Å². The minimum absolute atomic E-state index is 0.205. The second-order valence-corrected chi connectivity index (χ2v) is 3.20. The number of aliphatic hydroxyl groups is 1. The molecule has 1 unspecified atom stereocenters. The van der Waals surface area contributed by atoms with Gasteiger partial charge in [0.2, 0.25) is 0 Å². The predicted molar refractivity (Wildman–Crippen MR) is 55.5 cm³/mol. The van der Waals surface area contributed by atoms with Crippen LogP contribution >= 0.6 is 0 Å². The minimum Gasteiger partial charge on any atom is -0.396 e. The molecule has 0 fully saturated rings. The molecule has 0 spiro atoms. The first-order valence-corrected chi connectivity index (χ1v) is 4.64. The van der Waals surface area contributed by atoms with Gasteiger partial charge in [0.1, 0.15) is 0 Å². The number of aryl methyl sites for hydroxylation is 1. The van der Waals surface area contributed by atoms with E-state index in [1.54, 1.807) is 0 Å². The summed E-state index contributed by atoms with van der Waals surface area (Å²) in [4.78, 5) is 0. The van der Waals surface area contributed by atoms with Gasteiger partial charge in [-0.1, -0.05) is 36.4 Å². The van der Waals surface area contributed by atoms with E-state index in [4.69, 9.17) is 5.11 Å². The van der Waals surface area contributed by atoms with Crippen molar-refractivity contribution < 1.29 is 5.11 Å². The Bertz CT molecular complexity index is 241. The number of benzene rings is 1. The monoisotopic (exact) mass is 176 g/mol. The quantitative estimate of drug-likeness (QED) is 0.683. The molecule has 0 bridgehead atoms. The van der Waals surface area contributed by atoms with Crippen LogP contribution in [0.2, 0.25) is 0 Å². The number of aliphatic hydroxyl groups excluding tert-OH is 1. The Morgan fingerprint density at radius 3 is 2.54 bits per heavy atom. The summed E-state index contributed by atoms with van der Waals surface area (Å²) in [5.41, 5.74) is 1.32. The molecule has 1 nitrogen and oxygen atoms in total. The summed E-state index contributed by atoms with van der Waals surface area (Å²) in [6.07, 6.45) is 3.81. The van der Waals surface area contributed by atoms with Crippen molar-refractivity contribution in [1.29, 1.82) is 0 Å². The molecule has 1 N–H and O–H groups in total. The topological polar surface area (TPSA) is 20.2 Å². The molecule has 1 aromatic carbocycles. The van der Waals surface area contributed by atoms with E-state index in [0.29, 0.717) is 0 Å². The van der Waals surface area contributed by atoms with Crippen molar-refractivity contribution in [3.8, 4) is 0 Å². The lowest BCUT2D eigenvalue weighted by molar-refractivity contribution is 0.246. The van der Waals surface area contributed by atoms with Crippen molar-refractivity contribution >= 4 is 0 Å². The molecule has 1 rings (SSSR count). The normalized spacial score (nSPS) is 12.4. The van der Waals surface area contributed by atoms with Crippen molar-refractivity contribution in [2.75, 3.05) is 6.61 Å². The summed E-state index contributed by atoms with van der Waals surface area (Å²) >= 11 is 0. The Balaban J connectivity index is 2.38. The summed E-state index contributed by atoms with van der Waals surface area (Å²) < 4.78 is 0. The number of rotatable bonds is 5. The van der Waals surface area contributed by atoms with E-state index < -0.39 is 0 Å². The second-order valence-electron chi connectivity index (χ2n) is 3.20. The Kier molecular flexibility index (Phi) is 4.27. The van der Waals surface area contributed by atoms with Gasteiger partial charge < -0.3 is 5.11 Å². The van der Waals surface area contributed by atoms with E-state index in [1.807, 2.05) is 24.3 Å². The smallest absolute Gasteiger partial charge is 0.0493 e. The minimum atomic E-state index is 0.205. The summed E-state index contributed by atoms with van der Waals surface area (Å²) in [5, 5.41) is 8.93. The van der Waals surface area contributed by atoms with Gasteiger partial charge in [0.25, 0.3) is 0 Å². The number of hydrogen-bond acceptors (Lipinski definition) is 1. The average molecular weight is 176 g/mol. The Morgan fingerprint density at radius 1 is 1.31 bits per heavy atom. The molecular formula is C12H16O. The summed E-state index contributed by atoms with van der Waals surface area (Å²) in [5.74, 6) is 0.236. The third-order valence-electron chi connectivity index (χ3n) is 2.21. The first-order chi connectivity index (χ1) is 6.36. The lowest BCUT2D eigenvalue weighted by Crippen LogP contribution is -2.03. The van der Waals surface area contributed by atoms with Crippen LogP contribution in [0.3, 0.4) is 0 Å². The van der Waals surface area contributed by atoms with Gasteiger partial charge >= 0.3 is 0 Å². The molecule has 1 atom stereocenters. The maximum Gasteiger partial charge on any atom is 0.0493 e. The molecule has 0 aliphatic rings. The lowest BCUT2D eigenvalue weighted by atomic mass is 10.0. The van der Waals surface area contributed by atoms with Crippen LogP contribution in [0.4, 0.5) is 0 Å². The van der Waals surface area contributed by atoms with E-state index in [-0.39, 0.29) is 12.5 Å². The number of hydrogen-bond donors (Lipinski definition) is 1. The highest BCUT2D eigenvalue weighted by Crippen LogP contribution is 2.09. The van der Waals surface area contributed by atoms with Gasteiger partial charge in [-0.25, -0.2) is 0 Å². The Morgan fingerprint density at radius 2 is 2.00 bits per heavy atom. The largest absolute Gasteiger partial charge is 0.396 e. The molecule has 70 valence electrons. The highest BCUT2D eigenvalue weighted by molar-refractivity contribution is 5.14. The van der Waals surface area contributed by atoms with Crippen LogP contribution in [-0.4, -0.2) is 11.7 Å². The SMILES string of the molecule is C=CC(CO)CCc1ccccc1. The van der Waals surface area contributed by atoms with Gasteiger partial charge in [0, 0.05) is 6.61 Å². The maximum atomic E-state index is 8.93. The fourth-order valence-electron chi connectivity index (χ4n) is 1.28. The van der Waals surface area contributed by atoms with Crippen LogP contribution in [0.15, 0.2) is 43.0 Å². The highest BCUT2D eigenvalue weighted by atomic mass is 16.3. The second kappa shape index (κ2) is 5.55. The Hall–Kier alpha value is -1.08. The van der Waals surface area contributed by atoms with E-state index in [1.165, 1.54) is 5.56 Å². The first-order valence-electron chi connectivity index (χ1n) is 4.64. The first kappa shape index (κ1) is 10.0. The van der Waals surface area contributed by atoms with Gasteiger partial charge in [-0.3, -0.25) is 0 Å². The van der Waals surface area contributed by atoms with Crippen LogP contribution < -0.4 is 0 Å². The fourth-order valence-corrected chi connectivity index (χ4v) is 1.28. The summed E-state index contributed by atoms with van der Waals surface area (Å²) in [7, 11) is 0. The standard InChI is InChI=1S/C12H16O/c1-2-11(10-13)8-9-12-6-4-3-5-7-12/h2-7,11,13H,1,8-10H2. The van der Waals surface area contributed by atoms with Crippen molar-refractivity contribution in [2.24, 2.45) is 5.92 Å². The van der Waals surface area contributed by atoms with Gasteiger partial charge in [0.05, 0.1) is 0 Å². The van der Waals surface area contributed by atoms with E-state index in [0.717, 1.165) is 12.8 Å². The fraction of sp³-hybridized carbons (Fsp3) is 0.333. The predicted octanol–water partition coefficient (Wildman–Crippen LogP) is 2.41. The molecule has 0 aliphatic heterocycles. The zero-order valence-electron chi connectivity index (χ0n) is 7.82. The van der Waals surface area contributed by atoms with Crippen LogP contribution in [0.1, 0.15) is 12.0 Å². The summed E-state index contributed by atoms with van der Waals surface area (Å²) in [6.45, 7) is 3.89. The molecule has 0 heterocycles. The van der Waals surface area contributed by atoms with Crippen molar-refractivity contribution in [1.82, 2.24) is 0 Å². The molecule has 0 amide bonds. The average Bonchev–Trinajstić information content (AvgIpc) is 2.21. The molecule has 1 heteroatoms. The maximum absolute atomic E-state index is 8.93. The molecule has 0 radical (unpaired) electrons. The van der Waals surface area contributed by atoms with Crippen LogP contribution in [-0.2, 0) is 6.42 Å². The van der Waals surface area contributed by atoms with Crippen LogP contribution in [0, 0.1) is 5.92 Å². The van der Waals surface area contributed by atoms with Gasteiger partial charge in [0.15, 0.2) is 0 Å². The summed E-state index contributed by atoms with van der Waals surface area (Å²) in [6, 6.07) is 10.3. The Labute approximate surface area is 79.7 Å². The lowest BCUT2D eigenvalue weighted by Gasteiger charge is -2.07. The molecule has 1 aromatic rings. The van der Waals surface area contributed by atoms with Gasteiger partial charge in [-0.2, -0.15) is 0 Å². The van der Waals surface area contributed by atoms with Crippen molar-refractivity contribution in [3.63, 3.8) is 0 Å². The molecule has 0 aromatic heterocycles. The van der Waals surface area contributed by atoms with Crippen molar-refractivity contribution in [2.45, 2.75) is 12.8 Å². The van der Waals surface area contributed by atoms with Gasteiger partial charge in [-0.15, -0.1) is 6.58 Å². The molecular weight excluding hydrogens is 160 g/mol. The van der Waals surface area contributed by atoms with E-state index in [2.05, 4.69) is 18.7 Å². The van der Waals surface area contributed by atoms with E-state index >= 15 is 0 Å². The zero-order chi connectivity index (χ0) is 9.52. The van der Waals surface area contributed by atoms with Crippen LogP contribution in [0.25, 0.3) is 0 Å². The molecule has 13 heavy (non-hydrogen) atoms. The zero-order valence-corrected chi connectivity index (χ0v) is 7.82. The molecule has 0 aliphatic carbocycles. The van der Waals surface area contributed by atoms with Crippen molar-refractivity contribution in [3.05, 3.63) is 48.6 Å². The van der Waals surface area contributed by atoms with Crippen LogP contribution in [0.5, 0.6) is 0 Å². The third kappa shape index (κ3) is 3.43. The van der Waals surface area contributed by atoms with E-state index in [9.17, 15) is 0 Å². The highest BCUT2D eigenvalue weighted by Gasteiger charge is 2.01. The third-order valence-corrected chi connectivity index (χ3v) is 2.21. The molecule has 0 saturated heterocycles. The molecule has 0 saturated carbocycles.